The molecule has 1 N–H and O–H groups in total. The summed E-state index contributed by atoms with van der Waals surface area (Å²) in [6, 6.07) is 0. The lowest BCUT2D eigenvalue weighted by Gasteiger charge is -2.16. The van der Waals surface area contributed by atoms with E-state index in [0.717, 1.165) is 0 Å². The number of hydrogen-bond acceptors (Lipinski definition) is 3. The molecular weight excluding hydrogens is 190 g/mol. The van der Waals surface area contributed by atoms with E-state index < -0.39 is 16.1 Å². The van der Waals surface area contributed by atoms with E-state index in [9.17, 15) is 13.5 Å². The van der Waals surface area contributed by atoms with Gasteiger partial charge in [0.1, 0.15) is 0 Å². The quantitative estimate of drug-likeness (QED) is 0.687. The van der Waals surface area contributed by atoms with Crippen molar-refractivity contribution in [2.45, 2.75) is 20.0 Å². The minimum absolute atomic E-state index is 0.0784. The highest BCUT2D eigenvalue weighted by atomic mass is 32.2. The zero-order chi connectivity index (χ0) is 10.2. The van der Waals surface area contributed by atoms with E-state index in [-0.39, 0.29) is 12.5 Å². The van der Waals surface area contributed by atoms with Gasteiger partial charge in [-0.05, 0) is 5.92 Å². The molecule has 1 aliphatic rings. The molecule has 1 rings (SSSR count). The van der Waals surface area contributed by atoms with Crippen molar-refractivity contribution >= 4 is 10.0 Å². The Bertz CT molecular complexity index is 273. The molecule has 0 aromatic heterocycles. The summed E-state index contributed by atoms with van der Waals surface area (Å²) in [6.45, 7) is 4.71. The predicted octanol–water partition coefficient (Wildman–Crippen LogP) is -0.105. The van der Waals surface area contributed by atoms with Crippen LogP contribution in [0.25, 0.3) is 0 Å². The molecule has 5 heteroatoms. The van der Waals surface area contributed by atoms with Crippen LogP contribution in [0.3, 0.4) is 0 Å². The Balaban J connectivity index is 2.71. The van der Waals surface area contributed by atoms with Crippen LogP contribution in [0.1, 0.15) is 13.8 Å². The molecule has 0 aromatic rings. The van der Waals surface area contributed by atoms with Gasteiger partial charge in [0.25, 0.3) is 0 Å². The van der Waals surface area contributed by atoms with Crippen LogP contribution in [0.15, 0.2) is 0 Å². The molecule has 0 aromatic carbocycles. The summed E-state index contributed by atoms with van der Waals surface area (Å²) in [5.74, 6) is 0.400. The minimum Gasteiger partial charge on any atom is -0.391 e. The fourth-order valence-corrected chi connectivity index (χ4v) is 2.57. The molecule has 78 valence electrons. The average Bonchev–Trinajstić information content (AvgIpc) is 2.29. The van der Waals surface area contributed by atoms with Crippen molar-refractivity contribution in [3.05, 3.63) is 0 Å². The third kappa shape index (κ3) is 2.42. The second-order valence-corrected chi connectivity index (χ2v) is 6.04. The van der Waals surface area contributed by atoms with Crippen molar-refractivity contribution in [2.75, 3.05) is 19.3 Å². The van der Waals surface area contributed by atoms with Gasteiger partial charge in [0, 0.05) is 19.0 Å². The van der Waals surface area contributed by atoms with Crippen LogP contribution >= 0.6 is 0 Å². The first-order valence-corrected chi connectivity index (χ1v) is 6.30. The lowest BCUT2D eigenvalue weighted by molar-refractivity contribution is 0.122. The molecule has 1 saturated heterocycles. The lowest BCUT2D eigenvalue weighted by Crippen LogP contribution is -2.28. The summed E-state index contributed by atoms with van der Waals surface area (Å²) in [5, 5.41) is 9.59. The lowest BCUT2D eigenvalue weighted by atomic mass is 9.93. The highest BCUT2D eigenvalue weighted by Crippen LogP contribution is 2.25. The second kappa shape index (κ2) is 3.55. The molecule has 0 spiro atoms. The molecule has 4 nitrogen and oxygen atoms in total. The molecule has 0 saturated carbocycles. The number of aliphatic hydroxyl groups is 1. The number of hydrogen-bond donors (Lipinski definition) is 1. The van der Waals surface area contributed by atoms with Crippen molar-refractivity contribution in [3.8, 4) is 0 Å². The van der Waals surface area contributed by atoms with Gasteiger partial charge < -0.3 is 5.11 Å². The molecule has 0 aliphatic carbocycles. The van der Waals surface area contributed by atoms with E-state index in [1.807, 2.05) is 13.8 Å². The summed E-state index contributed by atoms with van der Waals surface area (Å²) in [6.07, 6.45) is 0.678. The number of rotatable bonds is 2. The zero-order valence-electron chi connectivity index (χ0n) is 8.27. The molecule has 0 radical (unpaired) electrons. The van der Waals surface area contributed by atoms with Crippen molar-refractivity contribution in [3.63, 3.8) is 0 Å². The van der Waals surface area contributed by atoms with Crippen LogP contribution < -0.4 is 0 Å². The molecule has 1 fully saturated rings. The van der Waals surface area contributed by atoms with Gasteiger partial charge in [-0.1, -0.05) is 13.8 Å². The molecular formula is C8H17NO3S. The van der Waals surface area contributed by atoms with E-state index >= 15 is 0 Å². The van der Waals surface area contributed by atoms with Gasteiger partial charge in [0.05, 0.1) is 12.4 Å². The molecule has 1 aliphatic heterocycles. The summed E-state index contributed by atoms with van der Waals surface area (Å²) in [7, 11) is -3.13. The van der Waals surface area contributed by atoms with Crippen LogP contribution in [0.4, 0.5) is 0 Å². The smallest absolute Gasteiger partial charge is 0.211 e. The fourth-order valence-electron chi connectivity index (χ4n) is 1.70. The number of β-amino-alcohol motifs (C(OH)–C–C–N with tert-alkyl or cyclic N) is 1. The maximum atomic E-state index is 11.2. The standard InChI is InChI=1S/C8H17NO3S/c1-6(2)7-4-9(5-8(7)10)13(3,11)12/h6-8,10H,4-5H2,1-3H3. The van der Waals surface area contributed by atoms with Crippen LogP contribution in [-0.2, 0) is 10.0 Å². The Morgan fingerprint density at radius 3 is 2.15 bits per heavy atom. The van der Waals surface area contributed by atoms with Crippen LogP contribution in [0.5, 0.6) is 0 Å². The Morgan fingerprint density at radius 1 is 1.38 bits per heavy atom. The van der Waals surface area contributed by atoms with Crippen molar-refractivity contribution in [2.24, 2.45) is 11.8 Å². The summed E-state index contributed by atoms with van der Waals surface area (Å²) in [4.78, 5) is 0. The highest BCUT2D eigenvalue weighted by molar-refractivity contribution is 7.88. The van der Waals surface area contributed by atoms with Gasteiger partial charge in [-0.25, -0.2) is 8.42 Å². The monoisotopic (exact) mass is 207 g/mol. The van der Waals surface area contributed by atoms with Gasteiger partial charge in [-0.2, -0.15) is 4.31 Å². The number of aliphatic hydroxyl groups excluding tert-OH is 1. The zero-order valence-corrected chi connectivity index (χ0v) is 9.08. The highest BCUT2D eigenvalue weighted by Gasteiger charge is 2.37. The van der Waals surface area contributed by atoms with E-state index in [1.54, 1.807) is 0 Å². The second-order valence-electron chi connectivity index (χ2n) is 4.06. The summed E-state index contributed by atoms with van der Waals surface area (Å²) >= 11 is 0. The first-order chi connectivity index (χ1) is 5.82. The molecule has 0 amide bonds. The SMILES string of the molecule is CC(C)C1CN(S(C)(=O)=O)CC1O. The van der Waals surface area contributed by atoms with E-state index in [4.69, 9.17) is 0 Å². The number of nitrogens with zero attached hydrogens (tertiary/aromatic N) is 1. The number of sulfonamides is 1. The van der Waals surface area contributed by atoms with Gasteiger partial charge in [0.15, 0.2) is 0 Å². The minimum atomic E-state index is -3.13. The third-order valence-electron chi connectivity index (χ3n) is 2.62. The van der Waals surface area contributed by atoms with E-state index in [0.29, 0.717) is 12.5 Å². The summed E-state index contributed by atoms with van der Waals surface area (Å²) in [5.41, 5.74) is 0. The molecule has 1 heterocycles. The Kier molecular flexibility index (Phi) is 2.99. The molecule has 13 heavy (non-hydrogen) atoms. The summed E-state index contributed by atoms with van der Waals surface area (Å²) < 4.78 is 23.7. The molecule has 2 atom stereocenters. The van der Waals surface area contributed by atoms with Crippen molar-refractivity contribution in [1.82, 2.24) is 4.31 Å². The Hall–Kier alpha value is -0.130. The maximum absolute atomic E-state index is 11.2. The van der Waals surface area contributed by atoms with Crippen molar-refractivity contribution < 1.29 is 13.5 Å². The Morgan fingerprint density at radius 2 is 1.92 bits per heavy atom. The topological polar surface area (TPSA) is 57.6 Å². The molecule has 0 bridgehead atoms. The van der Waals surface area contributed by atoms with Crippen molar-refractivity contribution in [1.29, 1.82) is 0 Å². The third-order valence-corrected chi connectivity index (χ3v) is 3.86. The predicted molar refractivity (Wildman–Crippen MR) is 50.8 cm³/mol. The van der Waals surface area contributed by atoms with Gasteiger partial charge in [0.2, 0.25) is 10.0 Å². The van der Waals surface area contributed by atoms with Crippen LogP contribution in [-0.4, -0.2) is 43.3 Å². The first-order valence-electron chi connectivity index (χ1n) is 4.45. The first kappa shape index (κ1) is 10.9. The van der Waals surface area contributed by atoms with Gasteiger partial charge in [-0.3, -0.25) is 0 Å². The normalized spacial score (nSPS) is 31.5. The molecule has 2 unspecified atom stereocenters. The maximum Gasteiger partial charge on any atom is 0.211 e. The average molecular weight is 207 g/mol. The van der Waals surface area contributed by atoms with Crippen LogP contribution in [0, 0.1) is 11.8 Å². The van der Waals surface area contributed by atoms with Crippen LogP contribution in [0.2, 0.25) is 0 Å². The Labute approximate surface area is 79.6 Å². The fraction of sp³-hybridized carbons (Fsp3) is 1.00. The van der Waals surface area contributed by atoms with Gasteiger partial charge >= 0.3 is 0 Å². The van der Waals surface area contributed by atoms with E-state index in [1.165, 1.54) is 10.6 Å². The largest absolute Gasteiger partial charge is 0.391 e. The van der Waals surface area contributed by atoms with E-state index in [2.05, 4.69) is 0 Å². The van der Waals surface area contributed by atoms with Gasteiger partial charge in [-0.15, -0.1) is 0 Å².